The van der Waals surface area contributed by atoms with Crippen molar-refractivity contribution in [2.24, 2.45) is 0 Å². The minimum Gasteiger partial charge on any atom is -0.355 e. The van der Waals surface area contributed by atoms with Gasteiger partial charge in [0.2, 0.25) is 5.91 Å². The van der Waals surface area contributed by atoms with Crippen molar-refractivity contribution in [3.05, 3.63) is 88.0 Å². The molecule has 0 aliphatic heterocycles. The van der Waals surface area contributed by atoms with Gasteiger partial charge in [0.1, 0.15) is 0 Å². The fraction of sp³-hybridized carbons (Fsp3) is 0.227. The molecule has 1 amide bonds. The zero-order chi connectivity index (χ0) is 19.9. The van der Waals surface area contributed by atoms with Gasteiger partial charge in [0.05, 0.1) is 5.75 Å². The minimum atomic E-state index is -0.215. The number of thioether (sulfide) groups is 1. The molecule has 28 heavy (non-hydrogen) atoms. The average molecular weight is 394 g/mol. The molecule has 0 fully saturated rings. The van der Waals surface area contributed by atoms with Crippen molar-refractivity contribution in [1.29, 1.82) is 0 Å². The molecule has 1 aromatic heterocycles. The summed E-state index contributed by atoms with van der Waals surface area (Å²) < 4.78 is 1.56. The molecule has 0 bridgehead atoms. The van der Waals surface area contributed by atoms with Gasteiger partial charge in [-0.2, -0.15) is 0 Å². The first-order valence-corrected chi connectivity index (χ1v) is 10.1. The monoisotopic (exact) mass is 393 g/mol. The summed E-state index contributed by atoms with van der Waals surface area (Å²) in [5.74, 6) is 0.0530. The van der Waals surface area contributed by atoms with E-state index in [1.54, 1.807) is 17.0 Å². The standard InChI is InChI=1S/C22H23N3O2S/c1-16-8-9-19(14-17(16)2)25-13-12-24-21(22(25)27)28-15-20(26)23-11-10-18-6-4-3-5-7-18/h3-9,12-14H,10-11,15H2,1-2H3,(H,23,26). The maximum absolute atomic E-state index is 12.7. The number of carbonyl (C=O) groups is 1. The summed E-state index contributed by atoms with van der Waals surface area (Å²) in [7, 11) is 0. The van der Waals surface area contributed by atoms with E-state index in [0.717, 1.165) is 29.4 Å². The molecular weight excluding hydrogens is 370 g/mol. The molecule has 0 unspecified atom stereocenters. The van der Waals surface area contributed by atoms with Crippen LogP contribution in [0.4, 0.5) is 0 Å². The van der Waals surface area contributed by atoms with Crippen LogP contribution < -0.4 is 10.9 Å². The van der Waals surface area contributed by atoms with Crippen molar-refractivity contribution in [3.8, 4) is 5.69 Å². The van der Waals surface area contributed by atoms with Crippen LogP contribution in [0.15, 0.2) is 70.7 Å². The van der Waals surface area contributed by atoms with E-state index in [0.29, 0.717) is 11.6 Å². The third-order valence-corrected chi connectivity index (χ3v) is 5.46. The molecule has 144 valence electrons. The summed E-state index contributed by atoms with van der Waals surface area (Å²) >= 11 is 1.16. The molecule has 0 aliphatic carbocycles. The van der Waals surface area contributed by atoms with Gasteiger partial charge >= 0.3 is 0 Å². The molecule has 0 aliphatic rings. The van der Waals surface area contributed by atoms with Crippen LogP contribution in [-0.4, -0.2) is 27.8 Å². The molecule has 0 spiro atoms. The van der Waals surface area contributed by atoms with Crippen LogP contribution in [-0.2, 0) is 11.2 Å². The lowest BCUT2D eigenvalue weighted by Crippen LogP contribution is -2.28. The smallest absolute Gasteiger partial charge is 0.287 e. The molecule has 1 heterocycles. The average Bonchev–Trinajstić information content (AvgIpc) is 2.70. The number of aryl methyl sites for hydroxylation is 2. The van der Waals surface area contributed by atoms with Crippen molar-refractivity contribution in [1.82, 2.24) is 14.9 Å². The molecule has 0 radical (unpaired) electrons. The molecule has 3 aromatic rings. The Labute approximate surface area is 168 Å². The molecule has 1 N–H and O–H groups in total. The summed E-state index contributed by atoms with van der Waals surface area (Å²) in [5, 5.41) is 3.20. The summed E-state index contributed by atoms with van der Waals surface area (Å²) in [6.45, 7) is 4.62. The summed E-state index contributed by atoms with van der Waals surface area (Å²) in [6, 6.07) is 15.9. The Hall–Kier alpha value is -2.86. The molecule has 0 saturated heterocycles. The molecule has 2 aromatic carbocycles. The van der Waals surface area contributed by atoms with Crippen molar-refractivity contribution in [2.45, 2.75) is 25.3 Å². The predicted molar refractivity (Wildman–Crippen MR) is 113 cm³/mol. The van der Waals surface area contributed by atoms with E-state index in [-0.39, 0.29) is 17.2 Å². The van der Waals surface area contributed by atoms with E-state index in [1.165, 1.54) is 11.1 Å². The van der Waals surface area contributed by atoms with Gasteiger partial charge in [0, 0.05) is 24.6 Å². The van der Waals surface area contributed by atoms with Gasteiger partial charge in [-0.1, -0.05) is 48.2 Å². The van der Waals surface area contributed by atoms with Crippen LogP contribution in [0.5, 0.6) is 0 Å². The third kappa shape index (κ3) is 5.10. The van der Waals surface area contributed by atoms with Crippen molar-refractivity contribution in [2.75, 3.05) is 12.3 Å². The molecule has 3 rings (SSSR count). The van der Waals surface area contributed by atoms with Gasteiger partial charge in [-0.05, 0) is 49.1 Å². The zero-order valence-electron chi connectivity index (χ0n) is 16.0. The Balaban J connectivity index is 1.59. The number of hydrogen-bond donors (Lipinski definition) is 1. The fourth-order valence-corrected chi connectivity index (χ4v) is 3.47. The Bertz CT molecular complexity index is 1020. The van der Waals surface area contributed by atoms with Gasteiger partial charge in [-0.3, -0.25) is 14.2 Å². The number of aromatic nitrogens is 2. The molecular formula is C22H23N3O2S. The van der Waals surface area contributed by atoms with Gasteiger partial charge in [-0.25, -0.2) is 4.98 Å². The van der Waals surface area contributed by atoms with Gasteiger partial charge in [0.15, 0.2) is 5.03 Å². The quantitative estimate of drug-likeness (QED) is 0.626. The van der Waals surface area contributed by atoms with Crippen LogP contribution in [0.1, 0.15) is 16.7 Å². The predicted octanol–water partition coefficient (Wildman–Crippen LogP) is 3.30. The minimum absolute atomic E-state index is 0.108. The first-order chi connectivity index (χ1) is 13.5. The third-order valence-electron chi connectivity index (χ3n) is 4.50. The fourth-order valence-electron chi connectivity index (χ4n) is 2.75. The largest absolute Gasteiger partial charge is 0.355 e. The highest BCUT2D eigenvalue weighted by molar-refractivity contribution is 7.99. The molecule has 0 saturated carbocycles. The van der Waals surface area contributed by atoms with E-state index in [1.807, 2.05) is 62.4 Å². The van der Waals surface area contributed by atoms with Crippen molar-refractivity contribution >= 4 is 17.7 Å². The second-order valence-electron chi connectivity index (χ2n) is 6.55. The van der Waals surface area contributed by atoms with Crippen molar-refractivity contribution < 1.29 is 4.79 Å². The van der Waals surface area contributed by atoms with Crippen LogP contribution in [0.25, 0.3) is 5.69 Å². The lowest BCUT2D eigenvalue weighted by atomic mass is 10.1. The van der Waals surface area contributed by atoms with E-state index in [2.05, 4.69) is 10.3 Å². The first kappa shape index (κ1) is 19.9. The number of nitrogens with one attached hydrogen (secondary N) is 1. The number of nitrogens with zero attached hydrogens (tertiary/aromatic N) is 2. The Morgan fingerprint density at radius 1 is 1.11 bits per heavy atom. The lowest BCUT2D eigenvalue weighted by molar-refractivity contribution is -0.118. The summed E-state index contributed by atoms with van der Waals surface area (Å²) in [4.78, 5) is 29.0. The zero-order valence-corrected chi connectivity index (χ0v) is 16.8. The Kier molecular flexibility index (Phi) is 6.66. The van der Waals surface area contributed by atoms with E-state index in [9.17, 15) is 9.59 Å². The Morgan fingerprint density at radius 2 is 1.89 bits per heavy atom. The van der Waals surface area contributed by atoms with Crippen LogP contribution in [0.2, 0.25) is 0 Å². The molecule has 5 nitrogen and oxygen atoms in total. The lowest BCUT2D eigenvalue weighted by Gasteiger charge is -2.09. The SMILES string of the molecule is Cc1ccc(-n2ccnc(SCC(=O)NCCc3ccccc3)c2=O)cc1C. The van der Waals surface area contributed by atoms with Crippen molar-refractivity contribution in [3.63, 3.8) is 0 Å². The van der Waals surface area contributed by atoms with E-state index >= 15 is 0 Å². The summed E-state index contributed by atoms with van der Waals surface area (Å²) in [5.41, 5.74) is 4.05. The van der Waals surface area contributed by atoms with Gasteiger partial charge in [0.25, 0.3) is 5.56 Å². The summed E-state index contributed by atoms with van der Waals surface area (Å²) in [6.07, 6.45) is 4.02. The highest BCUT2D eigenvalue weighted by Gasteiger charge is 2.10. The maximum atomic E-state index is 12.7. The maximum Gasteiger partial charge on any atom is 0.287 e. The number of amides is 1. The number of benzene rings is 2. The van der Waals surface area contributed by atoms with Crippen LogP contribution >= 0.6 is 11.8 Å². The molecule has 6 heteroatoms. The Morgan fingerprint density at radius 3 is 2.64 bits per heavy atom. The first-order valence-electron chi connectivity index (χ1n) is 9.13. The molecule has 0 atom stereocenters. The van der Waals surface area contributed by atoms with Crippen LogP contribution in [0, 0.1) is 13.8 Å². The highest BCUT2D eigenvalue weighted by atomic mass is 32.2. The highest BCUT2D eigenvalue weighted by Crippen LogP contribution is 2.15. The second kappa shape index (κ2) is 9.37. The number of carbonyl (C=O) groups excluding carboxylic acids is 1. The second-order valence-corrected chi connectivity index (χ2v) is 7.51. The van der Waals surface area contributed by atoms with Gasteiger partial charge < -0.3 is 5.32 Å². The van der Waals surface area contributed by atoms with E-state index < -0.39 is 0 Å². The van der Waals surface area contributed by atoms with E-state index in [4.69, 9.17) is 0 Å². The van der Waals surface area contributed by atoms with Crippen LogP contribution in [0.3, 0.4) is 0 Å². The topological polar surface area (TPSA) is 64.0 Å². The number of hydrogen-bond acceptors (Lipinski definition) is 4. The van der Waals surface area contributed by atoms with Gasteiger partial charge in [-0.15, -0.1) is 0 Å². The number of rotatable bonds is 7. The normalized spacial score (nSPS) is 10.6.